The molecule has 1 rings (SSSR count). The smallest absolute Gasteiger partial charge is 0.250 e. The van der Waals surface area contributed by atoms with Crippen LogP contribution in [0, 0.1) is 12.8 Å². The summed E-state index contributed by atoms with van der Waals surface area (Å²) < 4.78 is 1.84. The maximum Gasteiger partial charge on any atom is 0.250 e. The first-order chi connectivity index (χ1) is 11.5. The van der Waals surface area contributed by atoms with Gasteiger partial charge in [-0.05, 0) is 38.2 Å². The van der Waals surface area contributed by atoms with Crippen molar-refractivity contribution in [3.8, 4) is 0 Å². The summed E-state index contributed by atoms with van der Waals surface area (Å²) in [4.78, 5) is 16.0. The van der Waals surface area contributed by atoms with Crippen LogP contribution < -0.4 is 16.2 Å². The fraction of sp³-hybridized carbons (Fsp3) is 0.684. The monoisotopic (exact) mass is 462 g/mol. The van der Waals surface area contributed by atoms with Crippen molar-refractivity contribution in [1.82, 2.24) is 15.2 Å². The van der Waals surface area contributed by atoms with E-state index in [1.807, 2.05) is 23.6 Å². The Hall–Kier alpha value is -1.05. The summed E-state index contributed by atoms with van der Waals surface area (Å²) in [5.41, 5.74) is 1.11. The third kappa shape index (κ3) is 10.5. The summed E-state index contributed by atoms with van der Waals surface area (Å²) in [6, 6.07) is 5.41. The second kappa shape index (κ2) is 14.2. The highest BCUT2D eigenvalue weighted by Crippen LogP contribution is 2.05. The van der Waals surface area contributed by atoms with Gasteiger partial charge >= 0.3 is 0 Å². The number of hydrogen-bond acceptors (Lipinski definition) is 2. The Morgan fingerprint density at radius 3 is 2.32 bits per heavy atom. The van der Waals surface area contributed by atoms with E-state index < -0.39 is 0 Å². The summed E-state index contributed by atoms with van der Waals surface area (Å²) in [5, 5.41) is 6.69. The van der Waals surface area contributed by atoms with Gasteiger partial charge in [0.05, 0.1) is 0 Å². The summed E-state index contributed by atoms with van der Waals surface area (Å²) in [6.45, 7) is 9.11. The van der Waals surface area contributed by atoms with E-state index in [0.29, 0.717) is 0 Å². The van der Waals surface area contributed by atoms with Crippen LogP contribution in [0.2, 0.25) is 0 Å². The Balaban J connectivity index is 0.00000576. The second-order valence-electron chi connectivity index (χ2n) is 6.68. The lowest BCUT2D eigenvalue weighted by Gasteiger charge is -2.13. The van der Waals surface area contributed by atoms with Gasteiger partial charge in [0.25, 0.3) is 5.56 Å². The molecule has 144 valence electrons. The molecule has 1 aromatic heterocycles. The molecule has 0 saturated carbocycles. The van der Waals surface area contributed by atoms with E-state index in [1.54, 1.807) is 13.1 Å². The second-order valence-corrected chi connectivity index (χ2v) is 6.68. The minimum absolute atomic E-state index is 0. The van der Waals surface area contributed by atoms with Gasteiger partial charge in [0.1, 0.15) is 0 Å². The number of aryl methyl sites for hydroxylation is 1. The Kier molecular flexibility index (Phi) is 13.6. The van der Waals surface area contributed by atoms with Crippen molar-refractivity contribution < 1.29 is 0 Å². The number of hydrogen-bond donors (Lipinski definition) is 2. The number of nitrogens with zero attached hydrogens (tertiary/aromatic N) is 2. The molecule has 0 aliphatic carbocycles. The van der Waals surface area contributed by atoms with Crippen molar-refractivity contribution in [2.24, 2.45) is 10.9 Å². The number of pyridine rings is 1. The van der Waals surface area contributed by atoms with E-state index in [0.717, 1.165) is 50.0 Å². The molecule has 0 bridgehead atoms. The van der Waals surface area contributed by atoms with Gasteiger partial charge in [0, 0.05) is 38.4 Å². The quantitative estimate of drug-likeness (QED) is 0.242. The third-order valence-electron chi connectivity index (χ3n) is 4.09. The molecule has 0 atom stereocenters. The van der Waals surface area contributed by atoms with Gasteiger partial charge < -0.3 is 15.2 Å². The summed E-state index contributed by atoms with van der Waals surface area (Å²) >= 11 is 0. The van der Waals surface area contributed by atoms with Crippen molar-refractivity contribution in [3.63, 3.8) is 0 Å². The van der Waals surface area contributed by atoms with E-state index in [-0.39, 0.29) is 29.5 Å². The fourth-order valence-corrected chi connectivity index (χ4v) is 2.62. The molecule has 1 heterocycles. The maximum absolute atomic E-state index is 11.8. The van der Waals surface area contributed by atoms with Crippen LogP contribution in [0.4, 0.5) is 0 Å². The van der Waals surface area contributed by atoms with Crippen LogP contribution >= 0.6 is 24.0 Å². The van der Waals surface area contributed by atoms with E-state index in [1.165, 1.54) is 19.3 Å². The molecule has 1 aromatic rings. The van der Waals surface area contributed by atoms with Gasteiger partial charge in [-0.1, -0.05) is 32.8 Å². The Labute approximate surface area is 169 Å². The average molecular weight is 462 g/mol. The van der Waals surface area contributed by atoms with E-state index >= 15 is 0 Å². The minimum atomic E-state index is 0. The van der Waals surface area contributed by atoms with Gasteiger partial charge in [-0.2, -0.15) is 0 Å². The van der Waals surface area contributed by atoms with Gasteiger partial charge in [0.15, 0.2) is 5.96 Å². The lowest BCUT2D eigenvalue weighted by Crippen LogP contribution is -2.38. The topological polar surface area (TPSA) is 58.4 Å². The number of guanidine groups is 1. The zero-order valence-corrected chi connectivity index (χ0v) is 18.5. The van der Waals surface area contributed by atoms with Crippen molar-refractivity contribution in [2.45, 2.75) is 59.4 Å². The molecule has 5 nitrogen and oxygen atoms in total. The van der Waals surface area contributed by atoms with Crippen molar-refractivity contribution in [1.29, 1.82) is 0 Å². The SMILES string of the molecule is CN=C(NCCCCC(C)C)NCCCCn1c(C)cccc1=O.I. The number of rotatable bonds is 10. The molecule has 0 aliphatic rings. The summed E-state index contributed by atoms with van der Waals surface area (Å²) in [7, 11) is 1.80. The standard InChI is InChI=1S/C19H34N4O.HI/c1-16(2)10-5-6-13-21-19(20-4)22-14-7-8-15-23-17(3)11-9-12-18(23)24;/h9,11-12,16H,5-8,10,13-15H2,1-4H3,(H2,20,21,22);1H. The molecule has 2 N–H and O–H groups in total. The number of nitrogens with one attached hydrogen (secondary N) is 2. The normalized spacial score (nSPS) is 11.3. The molecular formula is C19H35IN4O. The lowest BCUT2D eigenvalue weighted by molar-refractivity contribution is 0.533. The van der Waals surface area contributed by atoms with Crippen LogP contribution in [0.1, 0.15) is 51.6 Å². The van der Waals surface area contributed by atoms with Crippen molar-refractivity contribution in [3.05, 3.63) is 34.2 Å². The predicted molar refractivity (Wildman–Crippen MR) is 118 cm³/mol. The van der Waals surface area contributed by atoms with E-state index in [4.69, 9.17) is 0 Å². The molecule has 0 amide bonds. The van der Waals surface area contributed by atoms with Crippen LogP contribution in [0.25, 0.3) is 0 Å². The highest BCUT2D eigenvalue weighted by molar-refractivity contribution is 14.0. The highest BCUT2D eigenvalue weighted by atomic mass is 127. The van der Waals surface area contributed by atoms with Crippen LogP contribution in [0.5, 0.6) is 0 Å². The number of halogens is 1. The van der Waals surface area contributed by atoms with Crippen molar-refractivity contribution >= 4 is 29.9 Å². The first-order valence-corrected chi connectivity index (χ1v) is 9.15. The van der Waals surface area contributed by atoms with Gasteiger partial charge in [-0.3, -0.25) is 9.79 Å². The fourth-order valence-electron chi connectivity index (χ4n) is 2.62. The Morgan fingerprint density at radius 1 is 1.12 bits per heavy atom. The molecule has 0 spiro atoms. The molecule has 0 aromatic carbocycles. The first-order valence-electron chi connectivity index (χ1n) is 9.15. The molecule has 6 heteroatoms. The third-order valence-corrected chi connectivity index (χ3v) is 4.09. The number of aliphatic imine (C=N–C) groups is 1. The average Bonchev–Trinajstić information content (AvgIpc) is 2.54. The van der Waals surface area contributed by atoms with Gasteiger partial charge in [-0.15, -0.1) is 24.0 Å². The Morgan fingerprint density at radius 2 is 1.76 bits per heavy atom. The molecule has 0 aliphatic heterocycles. The van der Waals surface area contributed by atoms with Crippen LogP contribution in [-0.4, -0.2) is 30.7 Å². The molecule has 0 saturated heterocycles. The van der Waals surface area contributed by atoms with Gasteiger partial charge in [0.2, 0.25) is 0 Å². The molecule has 0 fully saturated rings. The van der Waals surface area contributed by atoms with Gasteiger partial charge in [-0.25, -0.2) is 0 Å². The largest absolute Gasteiger partial charge is 0.356 e. The minimum Gasteiger partial charge on any atom is -0.356 e. The highest BCUT2D eigenvalue weighted by Gasteiger charge is 2.00. The number of unbranched alkanes of at least 4 members (excludes halogenated alkanes) is 2. The molecule has 0 radical (unpaired) electrons. The lowest BCUT2D eigenvalue weighted by atomic mass is 10.1. The van der Waals surface area contributed by atoms with Crippen molar-refractivity contribution in [2.75, 3.05) is 20.1 Å². The number of aromatic nitrogens is 1. The zero-order chi connectivity index (χ0) is 17.8. The van der Waals surface area contributed by atoms with Crippen LogP contribution in [-0.2, 0) is 6.54 Å². The zero-order valence-electron chi connectivity index (χ0n) is 16.2. The summed E-state index contributed by atoms with van der Waals surface area (Å²) in [6.07, 6.45) is 5.70. The van der Waals surface area contributed by atoms with Crippen LogP contribution in [0.15, 0.2) is 28.0 Å². The first kappa shape index (κ1) is 23.9. The van der Waals surface area contributed by atoms with E-state index in [9.17, 15) is 4.79 Å². The molecule has 0 unspecified atom stereocenters. The van der Waals surface area contributed by atoms with Crippen LogP contribution in [0.3, 0.4) is 0 Å². The molecule has 25 heavy (non-hydrogen) atoms. The molecular weight excluding hydrogens is 427 g/mol. The maximum atomic E-state index is 11.8. The summed E-state index contributed by atoms with van der Waals surface area (Å²) in [5.74, 6) is 1.65. The van der Waals surface area contributed by atoms with E-state index in [2.05, 4.69) is 29.5 Å². The Bertz CT molecular complexity index is 555. The predicted octanol–water partition coefficient (Wildman–Crippen LogP) is 3.55.